The molecule has 17 heavy (non-hydrogen) atoms. The van der Waals surface area contributed by atoms with Gasteiger partial charge in [-0.25, -0.2) is 0 Å². The Morgan fingerprint density at radius 2 is 2.06 bits per heavy atom. The maximum absolute atomic E-state index is 5.32. The number of piperidine rings is 1. The fourth-order valence-electron chi connectivity index (χ4n) is 2.19. The Morgan fingerprint density at radius 1 is 1.35 bits per heavy atom. The third-order valence-corrected chi connectivity index (χ3v) is 3.25. The molecule has 1 aromatic rings. The summed E-state index contributed by atoms with van der Waals surface area (Å²) in [7, 11) is 0. The predicted molar refractivity (Wildman–Crippen MR) is 69.4 cm³/mol. The number of nitrogens with zero attached hydrogens (tertiary/aromatic N) is 2. The van der Waals surface area contributed by atoms with E-state index >= 15 is 0 Å². The molecule has 1 aliphatic rings. The highest BCUT2D eigenvalue weighted by molar-refractivity contribution is 5.09. The smallest absolute Gasteiger partial charge is 0.0598 e. The largest absolute Gasteiger partial charge is 0.310 e. The average Bonchev–Trinajstić information content (AvgIpc) is 2.40. The van der Waals surface area contributed by atoms with Gasteiger partial charge >= 0.3 is 0 Å². The lowest BCUT2D eigenvalue weighted by molar-refractivity contribution is 0.217. The van der Waals surface area contributed by atoms with Crippen LogP contribution in [0.1, 0.15) is 18.4 Å². The lowest BCUT2D eigenvalue weighted by Crippen LogP contribution is -2.42. The quantitative estimate of drug-likeness (QED) is 0.788. The number of nitrogens with one attached hydrogen (secondary N) is 1. The molecule has 1 saturated heterocycles. The van der Waals surface area contributed by atoms with Crippen LogP contribution in [0, 0.1) is 12.3 Å². The van der Waals surface area contributed by atoms with Crippen molar-refractivity contribution in [1.29, 1.82) is 0 Å². The van der Waals surface area contributed by atoms with Crippen LogP contribution in [0.25, 0.3) is 0 Å². The molecule has 1 aliphatic heterocycles. The van der Waals surface area contributed by atoms with Crippen LogP contribution in [0.3, 0.4) is 0 Å². The molecular weight excluding hydrogens is 210 g/mol. The van der Waals surface area contributed by atoms with Crippen LogP contribution in [-0.4, -0.2) is 35.6 Å². The highest BCUT2D eigenvalue weighted by atomic mass is 15.1. The molecule has 0 atom stereocenters. The average molecular weight is 229 g/mol. The zero-order chi connectivity index (χ0) is 11.9. The molecule has 3 heteroatoms. The second-order valence-electron chi connectivity index (χ2n) is 4.49. The van der Waals surface area contributed by atoms with E-state index < -0.39 is 0 Å². The fraction of sp³-hybridized carbons (Fsp3) is 0.500. The molecular formula is C14H19N3. The first kappa shape index (κ1) is 12.1. The maximum Gasteiger partial charge on any atom is 0.0598 e. The molecule has 0 aromatic carbocycles. The maximum atomic E-state index is 5.32. The van der Waals surface area contributed by atoms with Crippen molar-refractivity contribution >= 4 is 0 Å². The van der Waals surface area contributed by atoms with Gasteiger partial charge in [-0.05, 0) is 30.5 Å². The summed E-state index contributed by atoms with van der Waals surface area (Å²) in [6.07, 6.45) is 11.4. The van der Waals surface area contributed by atoms with Crippen molar-refractivity contribution in [2.45, 2.75) is 25.4 Å². The van der Waals surface area contributed by atoms with Gasteiger partial charge in [-0.15, -0.1) is 6.42 Å². The summed E-state index contributed by atoms with van der Waals surface area (Å²) in [6, 6.07) is 4.73. The van der Waals surface area contributed by atoms with Gasteiger partial charge < -0.3 is 5.32 Å². The monoisotopic (exact) mass is 229 g/mol. The van der Waals surface area contributed by atoms with Crippen molar-refractivity contribution in [3.05, 3.63) is 30.1 Å². The molecule has 90 valence electrons. The van der Waals surface area contributed by atoms with Gasteiger partial charge in [0.25, 0.3) is 0 Å². The van der Waals surface area contributed by atoms with Crippen LogP contribution in [0.2, 0.25) is 0 Å². The highest BCUT2D eigenvalue weighted by Gasteiger charge is 2.17. The van der Waals surface area contributed by atoms with Crippen molar-refractivity contribution in [2.75, 3.05) is 19.6 Å². The number of terminal acetylenes is 1. The molecule has 0 unspecified atom stereocenters. The van der Waals surface area contributed by atoms with Gasteiger partial charge in [0.1, 0.15) is 0 Å². The third-order valence-electron chi connectivity index (χ3n) is 3.25. The molecule has 2 heterocycles. The van der Waals surface area contributed by atoms with E-state index in [1.807, 2.05) is 12.4 Å². The first-order chi connectivity index (χ1) is 8.38. The lowest BCUT2D eigenvalue weighted by Gasteiger charge is -2.31. The molecule has 0 radical (unpaired) electrons. The van der Waals surface area contributed by atoms with Crippen LogP contribution < -0.4 is 5.32 Å². The van der Waals surface area contributed by atoms with E-state index in [9.17, 15) is 0 Å². The Labute approximate surface area is 103 Å². The van der Waals surface area contributed by atoms with Gasteiger partial charge in [0.05, 0.1) is 6.54 Å². The summed E-state index contributed by atoms with van der Waals surface area (Å²) >= 11 is 0. The minimum atomic E-state index is 0.622. The molecule has 1 fully saturated rings. The number of hydrogen-bond acceptors (Lipinski definition) is 3. The first-order valence-electron chi connectivity index (χ1n) is 6.16. The Kier molecular flexibility index (Phi) is 4.54. The number of pyridine rings is 1. The van der Waals surface area contributed by atoms with Crippen molar-refractivity contribution in [2.24, 2.45) is 0 Å². The molecule has 3 nitrogen and oxygen atoms in total. The zero-order valence-electron chi connectivity index (χ0n) is 10.1. The van der Waals surface area contributed by atoms with Gasteiger partial charge in [0.15, 0.2) is 0 Å². The van der Waals surface area contributed by atoms with Crippen LogP contribution >= 0.6 is 0 Å². The first-order valence-corrected chi connectivity index (χ1v) is 6.16. The van der Waals surface area contributed by atoms with Gasteiger partial charge in [0.2, 0.25) is 0 Å². The molecule has 0 saturated carbocycles. The van der Waals surface area contributed by atoms with E-state index in [0.29, 0.717) is 6.04 Å². The van der Waals surface area contributed by atoms with Gasteiger partial charge in [-0.1, -0.05) is 5.92 Å². The minimum absolute atomic E-state index is 0.622. The predicted octanol–water partition coefficient (Wildman–Crippen LogP) is 1.27. The van der Waals surface area contributed by atoms with Crippen LogP contribution in [-0.2, 0) is 6.54 Å². The van der Waals surface area contributed by atoms with Gasteiger partial charge in [-0.3, -0.25) is 9.88 Å². The van der Waals surface area contributed by atoms with Crippen molar-refractivity contribution in [1.82, 2.24) is 15.2 Å². The topological polar surface area (TPSA) is 28.2 Å². The van der Waals surface area contributed by atoms with Gasteiger partial charge in [0, 0.05) is 38.1 Å². The molecule has 2 rings (SSSR count). The van der Waals surface area contributed by atoms with E-state index in [1.165, 1.54) is 18.4 Å². The van der Waals surface area contributed by atoms with Crippen molar-refractivity contribution in [3.8, 4) is 12.3 Å². The number of likely N-dealkylation sites (tertiary alicyclic amines) is 1. The van der Waals surface area contributed by atoms with Crippen molar-refractivity contribution in [3.63, 3.8) is 0 Å². The van der Waals surface area contributed by atoms with Crippen LogP contribution in [0.4, 0.5) is 0 Å². The SMILES string of the molecule is C#CCN1CCC(NCc2ccncc2)CC1. The summed E-state index contributed by atoms with van der Waals surface area (Å²) in [5, 5.41) is 3.59. The Bertz CT molecular complexity index is 361. The second-order valence-corrected chi connectivity index (χ2v) is 4.49. The summed E-state index contributed by atoms with van der Waals surface area (Å²) in [5.74, 6) is 2.71. The summed E-state index contributed by atoms with van der Waals surface area (Å²) < 4.78 is 0. The minimum Gasteiger partial charge on any atom is -0.310 e. The Hall–Kier alpha value is -1.37. The Balaban J connectivity index is 1.70. The van der Waals surface area contributed by atoms with Crippen molar-refractivity contribution < 1.29 is 0 Å². The normalized spacial score (nSPS) is 17.8. The van der Waals surface area contributed by atoms with E-state index in [4.69, 9.17) is 6.42 Å². The summed E-state index contributed by atoms with van der Waals surface area (Å²) in [5.41, 5.74) is 1.30. The Morgan fingerprint density at radius 3 is 2.71 bits per heavy atom. The van der Waals surface area contributed by atoms with E-state index in [-0.39, 0.29) is 0 Å². The number of rotatable bonds is 4. The lowest BCUT2D eigenvalue weighted by atomic mass is 10.0. The molecule has 0 aliphatic carbocycles. The van der Waals surface area contributed by atoms with Crippen LogP contribution in [0.15, 0.2) is 24.5 Å². The van der Waals surface area contributed by atoms with E-state index in [0.717, 1.165) is 26.2 Å². The fourth-order valence-corrected chi connectivity index (χ4v) is 2.19. The number of aromatic nitrogens is 1. The van der Waals surface area contributed by atoms with Crippen LogP contribution in [0.5, 0.6) is 0 Å². The highest BCUT2D eigenvalue weighted by Crippen LogP contribution is 2.10. The molecule has 1 N–H and O–H groups in total. The second kappa shape index (κ2) is 6.39. The zero-order valence-corrected chi connectivity index (χ0v) is 10.1. The summed E-state index contributed by atoms with van der Waals surface area (Å²) in [4.78, 5) is 6.36. The molecule has 0 bridgehead atoms. The van der Waals surface area contributed by atoms with E-state index in [1.54, 1.807) is 0 Å². The van der Waals surface area contributed by atoms with E-state index in [2.05, 4.69) is 33.3 Å². The van der Waals surface area contributed by atoms with Gasteiger partial charge in [-0.2, -0.15) is 0 Å². The molecule has 0 amide bonds. The number of hydrogen-bond donors (Lipinski definition) is 1. The molecule has 1 aromatic heterocycles. The third kappa shape index (κ3) is 3.85. The standard InChI is InChI=1S/C14H19N3/c1-2-9-17-10-5-14(6-11-17)16-12-13-3-7-15-8-4-13/h1,3-4,7-8,14,16H,5-6,9-12H2. The summed E-state index contributed by atoms with van der Waals surface area (Å²) in [6.45, 7) is 3.94. The molecule has 0 spiro atoms.